The molecule has 0 spiro atoms. The highest BCUT2D eigenvalue weighted by atomic mass is 14.6. The molecule has 0 rings (SSSR count). The van der Waals surface area contributed by atoms with Crippen LogP contribution in [0.15, 0.2) is 0 Å². The minimum absolute atomic E-state index is 0.446. The maximum Gasteiger partial charge on any atom is 0.00412 e. The molecule has 0 radical (unpaired) electrons. The first kappa shape index (κ1) is 14.0. The predicted octanol–water partition coefficient (Wildman–Crippen LogP) is 4.11. The van der Waals surface area contributed by atoms with Gasteiger partial charge in [0.2, 0.25) is 0 Å². The first-order valence-corrected chi connectivity index (χ1v) is 6.42. The Balaban J connectivity index is 3.10. The molecule has 0 saturated heterocycles. The van der Waals surface area contributed by atoms with Gasteiger partial charge >= 0.3 is 0 Å². The molecule has 0 aliphatic carbocycles. The topological polar surface area (TPSA) is 26.0 Å². The van der Waals surface area contributed by atoms with Crippen molar-refractivity contribution in [1.82, 2.24) is 0 Å². The average molecular weight is 199 g/mol. The Morgan fingerprint density at radius 2 is 1.50 bits per heavy atom. The maximum absolute atomic E-state index is 6.02. The first-order chi connectivity index (χ1) is 6.66. The Kier molecular flexibility index (Phi) is 9.49. The smallest absolute Gasteiger partial charge is 0.00412 e. The van der Waals surface area contributed by atoms with E-state index in [1.165, 1.54) is 51.4 Å². The van der Waals surface area contributed by atoms with E-state index >= 15 is 0 Å². The van der Waals surface area contributed by atoms with Crippen molar-refractivity contribution in [2.24, 2.45) is 11.7 Å². The summed E-state index contributed by atoms with van der Waals surface area (Å²) in [6.45, 7) is 6.76. The lowest BCUT2D eigenvalue weighted by Crippen LogP contribution is -2.21. The summed E-state index contributed by atoms with van der Waals surface area (Å²) in [4.78, 5) is 0. The van der Waals surface area contributed by atoms with Crippen molar-refractivity contribution in [3.8, 4) is 0 Å². The van der Waals surface area contributed by atoms with Crippen molar-refractivity contribution in [1.29, 1.82) is 0 Å². The Labute approximate surface area is 90.5 Å². The summed E-state index contributed by atoms with van der Waals surface area (Å²) >= 11 is 0. The zero-order valence-corrected chi connectivity index (χ0v) is 10.4. The highest BCUT2D eigenvalue weighted by Gasteiger charge is 2.04. The van der Waals surface area contributed by atoms with E-state index < -0.39 is 0 Å². The molecule has 1 atom stereocenters. The molecule has 0 aromatic rings. The van der Waals surface area contributed by atoms with Gasteiger partial charge in [-0.2, -0.15) is 0 Å². The Bertz CT molecular complexity index is 110. The zero-order chi connectivity index (χ0) is 10.8. The van der Waals surface area contributed by atoms with Crippen molar-refractivity contribution in [2.45, 2.75) is 78.2 Å². The SMILES string of the molecule is CCCCCCCCC(N)CC(C)C. The van der Waals surface area contributed by atoms with E-state index in [1.54, 1.807) is 0 Å². The van der Waals surface area contributed by atoms with Crippen LogP contribution in [0.4, 0.5) is 0 Å². The summed E-state index contributed by atoms with van der Waals surface area (Å²) in [7, 11) is 0. The summed E-state index contributed by atoms with van der Waals surface area (Å²) in [5.74, 6) is 0.755. The van der Waals surface area contributed by atoms with Gasteiger partial charge in [0.25, 0.3) is 0 Å². The molecular weight excluding hydrogens is 170 g/mol. The molecule has 14 heavy (non-hydrogen) atoms. The van der Waals surface area contributed by atoms with Crippen molar-refractivity contribution < 1.29 is 0 Å². The molecule has 0 aromatic heterocycles. The van der Waals surface area contributed by atoms with E-state index in [4.69, 9.17) is 5.73 Å². The van der Waals surface area contributed by atoms with Crippen LogP contribution in [0.3, 0.4) is 0 Å². The number of nitrogens with two attached hydrogens (primary N) is 1. The molecule has 1 heteroatoms. The molecule has 0 bridgehead atoms. The zero-order valence-electron chi connectivity index (χ0n) is 10.4. The second kappa shape index (κ2) is 9.51. The van der Waals surface area contributed by atoms with E-state index in [-0.39, 0.29) is 0 Å². The lowest BCUT2D eigenvalue weighted by molar-refractivity contribution is 0.451. The van der Waals surface area contributed by atoms with E-state index in [0.29, 0.717) is 6.04 Å². The van der Waals surface area contributed by atoms with Crippen LogP contribution in [0.1, 0.15) is 72.1 Å². The number of unbranched alkanes of at least 4 members (excludes halogenated alkanes) is 5. The van der Waals surface area contributed by atoms with E-state index in [1.807, 2.05) is 0 Å². The number of hydrogen-bond donors (Lipinski definition) is 1. The summed E-state index contributed by atoms with van der Waals surface area (Å²) < 4.78 is 0. The van der Waals surface area contributed by atoms with Crippen LogP contribution in [0.2, 0.25) is 0 Å². The van der Waals surface area contributed by atoms with Gasteiger partial charge in [0, 0.05) is 6.04 Å². The lowest BCUT2D eigenvalue weighted by Gasteiger charge is -2.13. The van der Waals surface area contributed by atoms with Gasteiger partial charge in [0.1, 0.15) is 0 Å². The average Bonchev–Trinajstić information content (AvgIpc) is 2.10. The van der Waals surface area contributed by atoms with Crippen LogP contribution in [0, 0.1) is 5.92 Å². The summed E-state index contributed by atoms with van der Waals surface area (Å²) in [6.07, 6.45) is 10.7. The van der Waals surface area contributed by atoms with Gasteiger partial charge in [-0.15, -0.1) is 0 Å². The molecule has 1 nitrogen and oxygen atoms in total. The fourth-order valence-corrected chi connectivity index (χ4v) is 1.91. The normalized spacial score (nSPS) is 13.5. The van der Waals surface area contributed by atoms with Gasteiger partial charge in [0.05, 0.1) is 0 Å². The molecule has 0 fully saturated rings. The molecule has 0 aliphatic rings. The Morgan fingerprint density at radius 3 is 2.07 bits per heavy atom. The van der Waals surface area contributed by atoms with Gasteiger partial charge in [0.15, 0.2) is 0 Å². The standard InChI is InChI=1S/C13H29N/c1-4-5-6-7-8-9-10-13(14)11-12(2)3/h12-13H,4-11,14H2,1-3H3. The number of rotatable bonds is 9. The maximum atomic E-state index is 6.02. The molecule has 0 saturated carbocycles. The molecule has 0 amide bonds. The highest BCUT2D eigenvalue weighted by Crippen LogP contribution is 2.11. The summed E-state index contributed by atoms with van der Waals surface area (Å²) in [5, 5.41) is 0. The molecule has 0 aromatic carbocycles. The third-order valence-corrected chi connectivity index (χ3v) is 2.70. The van der Waals surface area contributed by atoms with Gasteiger partial charge < -0.3 is 5.73 Å². The van der Waals surface area contributed by atoms with Crippen LogP contribution in [-0.4, -0.2) is 6.04 Å². The summed E-state index contributed by atoms with van der Waals surface area (Å²) in [6, 6.07) is 0.446. The summed E-state index contributed by atoms with van der Waals surface area (Å²) in [5.41, 5.74) is 6.02. The van der Waals surface area contributed by atoms with Crippen LogP contribution < -0.4 is 5.73 Å². The lowest BCUT2D eigenvalue weighted by atomic mass is 9.99. The fraction of sp³-hybridized carbons (Fsp3) is 1.00. The molecule has 0 aliphatic heterocycles. The third-order valence-electron chi connectivity index (χ3n) is 2.70. The Hall–Kier alpha value is -0.0400. The van der Waals surface area contributed by atoms with Gasteiger partial charge in [-0.3, -0.25) is 0 Å². The largest absolute Gasteiger partial charge is 0.328 e. The molecule has 0 heterocycles. The molecule has 1 unspecified atom stereocenters. The third kappa shape index (κ3) is 10.0. The van der Waals surface area contributed by atoms with Gasteiger partial charge in [-0.1, -0.05) is 59.3 Å². The molecule has 86 valence electrons. The van der Waals surface area contributed by atoms with Crippen LogP contribution in [0.5, 0.6) is 0 Å². The minimum Gasteiger partial charge on any atom is -0.328 e. The first-order valence-electron chi connectivity index (χ1n) is 6.42. The molecular formula is C13H29N. The van der Waals surface area contributed by atoms with Crippen LogP contribution >= 0.6 is 0 Å². The van der Waals surface area contributed by atoms with Crippen LogP contribution in [0.25, 0.3) is 0 Å². The van der Waals surface area contributed by atoms with E-state index in [0.717, 1.165) is 5.92 Å². The fourth-order valence-electron chi connectivity index (χ4n) is 1.91. The van der Waals surface area contributed by atoms with Crippen LogP contribution in [-0.2, 0) is 0 Å². The van der Waals surface area contributed by atoms with E-state index in [9.17, 15) is 0 Å². The van der Waals surface area contributed by atoms with Gasteiger partial charge in [-0.05, 0) is 18.8 Å². The second-order valence-corrected chi connectivity index (χ2v) is 4.95. The van der Waals surface area contributed by atoms with E-state index in [2.05, 4.69) is 20.8 Å². The minimum atomic E-state index is 0.446. The second-order valence-electron chi connectivity index (χ2n) is 4.95. The van der Waals surface area contributed by atoms with Gasteiger partial charge in [-0.25, -0.2) is 0 Å². The van der Waals surface area contributed by atoms with Crippen molar-refractivity contribution in [3.05, 3.63) is 0 Å². The van der Waals surface area contributed by atoms with Crippen molar-refractivity contribution in [2.75, 3.05) is 0 Å². The predicted molar refractivity (Wildman–Crippen MR) is 65.4 cm³/mol. The highest BCUT2D eigenvalue weighted by molar-refractivity contribution is 4.63. The monoisotopic (exact) mass is 199 g/mol. The Morgan fingerprint density at radius 1 is 0.929 bits per heavy atom. The van der Waals surface area contributed by atoms with Crippen molar-refractivity contribution >= 4 is 0 Å². The molecule has 2 N–H and O–H groups in total. The number of hydrogen-bond acceptors (Lipinski definition) is 1. The quantitative estimate of drug-likeness (QED) is 0.556. The van der Waals surface area contributed by atoms with Crippen molar-refractivity contribution in [3.63, 3.8) is 0 Å².